The van der Waals surface area contributed by atoms with Crippen LogP contribution < -0.4 is 0 Å². The molecule has 1 aliphatic heterocycles. The number of hydrogen-bond donors (Lipinski definition) is 0. The van der Waals surface area contributed by atoms with Gasteiger partial charge in [0.15, 0.2) is 0 Å². The molecule has 0 bridgehead atoms. The van der Waals surface area contributed by atoms with Crippen LogP contribution in [0.4, 0.5) is 0 Å². The fourth-order valence-corrected chi connectivity index (χ4v) is 2.70. The summed E-state index contributed by atoms with van der Waals surface area (Å²) in [4.78, 5) is 7.05. The van der Waals surface area contributed by atoms with Crippen molar-refractivity contribution < 1.29 is 0 Å². The first-order chi connectivity index (χ1) is 8.79. The van der Waals surface area contributed by atoms with Crippen molar-refractivity contribution in [2.24, 2.45) is 0 Å². The molecule has 0 radical (unpaired) electrons. The number of benzene rings is 1. The molecule has 0 unspecified atom stereocenters. The minimum absolute atomic E-state index is 0.471. The van der Waals surface area contributed by atoms with Gasteiger partial charge in [0.1, 0.15) is 0 Å². The lowest BCUT2D eigenvalue weighted by Crippen LogP contribution is -2.28. The Kier molecular flexibility index (Phi) is 2.73. The van der Waals surface area contributed by atoms with Gasteiger partial charge in [0.05, 0.1) is 18.0 Å². The maximum absolute atomic E-state index is 9.06. The van der Waals surface area contributed by atoms with Crippen LogP contribution in [-0.4, -0.2) is 23.5 Å². The van der Waals surface area contributed by atoms with Gasteiger partial charge < -0.3 is 4.90 Å². The zero-order valence-electron chi connectivity index (χ0n) is 10.5. The molecule has 0 saturated carbocycles. The van der Waals surface area contributed by atoms with Crippen molar-refractivity contribution in [1.29, 1.82) is 5.26 Å². The summed E-state index contributed by atoms with van der Waals surface area (Å²) in [5.74, 6) is 0. The molecule has 3 rings (SSSR count). The first-order valence-electron chi connectivity index (χ1n) is 6.24. The van der Waals surface area contributed by atoms with Gasteiger partial charge in [0.25, 0.3) is 0 Å². The van der Waals surface area contributed by atoms with E-state index in [2.05, 4.69) is 24.1 Å². The summed E-state index contributed by atoms with van der Waals surface area (Å²) in [7, 11) is 2.12. The topological polar surface area (TPSA) is 39.9 Å². The van der Waals surface area contributed by atoms with Crippen molar-refractivity contribution in [3.63, 3.8) is 0 Å². The van der Waals surface area contributed by atoms with Crippen LogP contribution in [0.5, 0.6) is 0 Å². The molecule has 3 heteroatoms. The van der Waals surface area contributed by atoms with Gasteiger partial charge in [-0.05, 0) is 24.2 Å². The Morgan fingerprint density at radius 2 is 2.22 bits per heavy atom. The first kappa shape index (κ1) is 11.2. The van der Waals surface area contributed by atoms with Crippen LogP contribution in [-0.2, 0) is 19.4 Å². The summed E-state index contributed by atoms with van der Waals surface area (Å²) in [5, 5.41) is 10.2. The molecule has 1 aromatic heterocycles. The highest BCUT2D eigenvalue weighted by Crippen LogP contribution is 2.27. The molecule has 0 spiro atoms. The molecule has 1 aliphatic rings. The summed E-state index contributed by atoms with van der Waals surface area (Å²) >= 11 is 0. The molecule has 90 valence electrons. The van der Waals surface area contributed by atoms with Crippen molar-refractivity contribution in [1.82, 2.24) is 9.88 Å². The maximum atomic E-state index is 9.06. The predicted octanol–water partition coefficient (Wildman–Crippen LogP) is 2.29. The van der Waals surface area contributed by atoms with Gasteiger partial charge in [-0.2, -0.15) is 5.26 Å². The van der Waals surface area contributed by atoms with Gasteiger partial charge >= 0.3 is 0 Å². The van der Waals surface area contributed by atoms with E-state index in [9.17, 15) is 0 Å². The van der Waals surface area contributed by atoms with E-state index in [-0.39, 0.29) is 0 Å². The van der Waals surface area contributed by atoms with E-state index in [4.69, 9.17) is 10.2 Å². The van der Waals surface area contributed by atoms with E-state index < -0.39 is 0 Å². The third kappa shape index (κ3) is 1.75. The Bertz CT molecular complexity index is 640. The molecular weight excluding hydrogens is 222 g/mol. The van der Waals surface area contributed by atoms with E-state index in [1.54, 1.807) is 0 Å². The van der Waals surface area contributed by atoms with Gasteiger partial charge in [-0.3, -0.25) is 4.98 Å². The number of aromatic nitrogens is 1. The number of fused-ring (bicyclic) bond motifs is 2. The van der Waals surface area contributed by atoms with Crippen LogP contribution in [0, 0.1) is 11.3 Å². The second-order valence-electron chi connectivity index (χ2n) is 4.86. The standard InChI is InChI=1S/C15H15N3/c1-18-9-7-15-13(10-18)11(6-8-16)12-4-2-3-5-14(12)17-15/h2-5H,6-7,9-10H2,1H3. The summed E-state index contributed by atoms with van der Waals surface area (Å²) < 4.78 is 0. The average Bonchev–Trinajstić information content (AvgIpc) is 2.39. The highest BCUT2D eigenvalue weighted by Gasteiger charge is 2.20. The van der Waals surface area contributed by atoms with E-state index in [1.165, 1.54) is 16.8 Å². The highest BCUT2D eigenvalue weighted by atomic mass is 15.1. The van der Waals surface area contributed by atoms with Crippen LogP contribution in [0.3, 0.4) is 0 Å². The Morgan fingerprint density at radius 1 is 1.39 bits per heavy atom. The van der Waals surface area contributed by atoms with Crippen molar-refractivity contribution in [2.75, 3.05) is 13.6 Å². The van der Waals surface area contributed by atoms with E-state index in [0.717, 1.165) is 30.4 Å². The summed E-state index contributed by atoms with van der Waals surface area (Å²) in [6.45, 7) is 1.95. The minimum atomic E-state index is 0.471. The Hall–Kier alpha value is -1.92. The van der Waals surface area contributed by atoms with Crippen LogP contribution >= 0.6 is 0 Å². The Labute approximate surface area is 107 Å². The largest absolute Gasteiger partial charge is 0.302 e. The molecule has 3 nitrogen and oxygen atoms in total. The molecule has 18 heavy (non-hydrogen) atoms. The number of likely N-dealkylation sites (N-methyl/N-ethyl adjacent to an activating group) is 1. The van der Waals surface area contributed by atoms with Crippen LogP contribution in [0.2, 0.25) is 0 Å². The zero-order valence-corrected chi connectivity index (χ0v) is 10.5. The minimum Gasteiger partial charge on any atom is -0.302 e. The lowest BCUT2D eigenvalue weighted by atomic mass is 9.94. The molecule has 1 aromatic carbocycles. The average molecular weight is 237 g/mol. The van der Waals surface area contributed by atoms with Gasteiger partial charge in [0.2, 0.25) is 0 Å². The van der Waals surface area contributed by atoms with Gasteiger partial charge in [0, 0.05) is 30.6 Å². The van der Waals surface area contributed by atoms with Gasteiger partial charge in [-0.15, -0.1) is 0 Å². The summed E-state index contributed by atoms with van der Waals surface area (Å²) in [5.41, 5.74) is 4.64. The molecular formula is C15H15N3. The summed E-state index contributed by atoms with van der Waals surface area (Å²) in [6.07, 6.45) is 1.45. The SMILES string of the molecule is CN1CCc2nc3ccccc3c(CC#N)c2C1. The van der Waals surface area contributed by atoms with Crippen molar-refractivity contribution in [3.8, 4) is 6.07 Å². The van der Waals surface area contributed by atoms with Crippen molar-refractivity contribution >= 4 is 10.9 Å². The van der Waals surface area contributed by atoms with Gasteiger partial charge in [-0.1, -0.05) is 18.2 Å². The normalized spacial score (nSPS) is 15.3. The van der Waals surface area contributed by atoms with Crippen molar-refractivity contribution in [3.05, 3.63) is 41.1 Å². The highest BCUT2D eigenvalue weighted by molar-refractivity contribution is 5.84. The number of nitriles is 1. The molecule has 0 fully saturated rings. The lowest BCUT2D eigenvalue weighted by molar-refractivity contribution is 0.309. The molecule has 2 heterocycles. The molecule has 2 aromatic rings. The number of rotatable bonds is 1. The van der Waals surface area contributed by atoms with E-state index in [1.807, 2.05) is 18.2 Å². The number of nitrogens with zero attached hydrogens (tertiary/aromatic N) is 3. The maximum Gasteiger partial charge on any atom is 0.0708 e. The molecule has 0 atom stereocenters. The van der Waals surface area contributed by atoms with E-state index >= 15 is 0 Å². The molecule has 0 saturated heterocycles. The zero-order chi connectivity index (χ0) is 12.5. The third-order valence-electron chi connectivity index (χ3n) is 3.61. The number of pyridine rings is 1. The number of hydrogen-bond acceptors (Lipinski definition) is 3. The van der Waals surface area contributed by atoms with Gasteiger partial charge in [-0.25, -0.2) is 0 Å². The van der Waals surface area contributed by atoms with E-state index in [0.29, 0.717) is 6.42 Å². The fourth-order valence-electron chi connectivity index (χ4n) is 2.70. The van der Waals surface area contributed by atoms with Crippen LogP contribution in [0.1, 0.15) is 16.8 Å². The quantitative estimate of drug-likeness (QED) is 0.764. The fraction of sp³-hybridized carbons (Fsp3) is 0.333. The molecule has 0 amide bonds. The monoisotopic (exact) mass is 237 g/mol. The Balaban J connectivity index is 2.29. The van der Waals surface area contributed by atoms with Crippen LogP contribution in [0.15, 0.2) is 24.3 Å². The second kappa shape index (κ2) is 4.40. The predicted molar refractivity (Wildman–Crippen MR) is 71.1 cm³/mol. The smallest absolute Gasteiger partial charge is 0.0708 e. The van der Waals surface area contributed by atoms with Crippen LogP contribution in [0.25, 0.3) is 10.9 Å². The second-order valence-corrected chi connectivity index (χ2v) is 4.86. The molecule has 0 aliphatic carbocycles. The summed E-state index contributed by atoms with van der Waals surface area (Å²) in [6, 6.07) is 10.4. The van der Waals surface area contributed by atoms with Crippen molar-refractivity contribution in [2.45, 2.75) is 19.4 Å². The third-order valence-corrected chi connectivity index (χ3v) is 3.61. The first-order valence-corrected chi connectivity index (χ1v) is 6.24. The Morgan fingerprint density at radius 3 is 3.06 bits per heavy atom. The lowest BCUT2D eigenvalue weighted by Gasteiger charge is -2.26. The molecule has 0 N–H and O–H groups in total. The number of para-hydroxylation sites is 1.